The molecular weight excluding hydrogens is 452 g/mol. The standard InChI is InChI=1S/C25H32N4O6/c1-15(2)13-18(26-23(32)16-5-7-17(8-6-16)27(3)4)24(33)28-11-9-19-22(28)21(31)14-29(19)20(10-12-30)25(34)35/h5-9,12,15,18,20,22H,10-11,13-14H2,1-4H3,(H,26,32)(H,34,35)/t18-,20?,22?/m0/s1. The van der Waals surface area contributed by atoms with Crippen LogP contribution in [0, 0.1) is 5.92 Å². The number of carbonyl (C=O) groups excluding carboxylic acids is 4. The van der Waals surface area contributed by atoms with Crippen molar-refractivity contribution in [2.45, 2.75) is 44.8 Å². The highest BCUT2D eigenvalue weighted by atomic mass is 16.4. The molecule has 1 aromatic carbocycles. The number of likely N-dealkylation sites (tertiary alicyclic amines) is 1. The third kappa shape index (κ3) is 5.52. The van der Waals surface area contributed by atoms with Gasteiger partial charge in [0.05, 0.1) is 6.54 Å². The van der Waals surface area contributed by atoms with Gasteiger partial charge < -0.3 is 29.9 Å². The molecule has 188 valence electrons. The highest BCUT2D eigenvalue weighted by Crippen LogP contribution is 2.32. The third-order valence-corrected chi connectivity index (χ3v) is 6.27. The summed E-state index contributed by atoms with van der Waals surface area (Å²) in [5.41, 5.74) is 1.77. The quantitative estimate of drug-likeness (QED) is 0.470. The fourth-order valence-electron chi connectivity index (χ4n) is 4.53. The monoisotopic (exact) mass is 484 g/mol. The number of carbonyl (C=O) groups is 5. The van der Waals surface area contributed by atoms with Crippen LogP contribution < -0.4 is 10.2 Å². The summed E-state index contributed by atoms with van der Waals surface area (Å²) in [6.45, 7) is 3.80. The van der Waals surface area contributed by atoms with E-state index in [4.69, 9.17) is 0 Å². The van der Waals surface area contributed by atoms with Crippen molar-refractivity contribution >= 4 is 35.5 Å². The van der Waals surface area contributed by atoms with Crippen LogP contribution in [0.5, 0.6) is 0 Å². The maximum Gasteiger partial charge on any atom is 0.326 e. The second-order valence-corrected chi connectivity index (χ2v) is 9.47. The van der Waals surface area contributed by atoms with E-state index in [9.17, 15) is 29.1 Å². The summed E-state index contributed by atoms with van der Waals surface area (Å²) in [6, 6.07) is 4.07. The van der Waals surface area contributed by atoms with Gasteiger partial charge >= 0.3 is 5.97 Å². The molecule has 3 rings (SSSR count). The minimum Gasteiger partial charge on any atom is -0.480 e. The lowest BCUT2D eigenvalue weighted by molar-refractivity contribution is -0.143. The first-order valence-electron chi connectivity index (χ1n) is 11.6. The van der Waals surface area contributed by atoms with Crippen LogP contribution in [0.3, 0.4) is 0 Å². The Morgan fingerprint density at radius 2 is 1.86 bits per heavy atom. The molecule has 0 radical (unpaired) electrons. The second kappa shape index (κ2) is 10.7. The Bertz CT molecular complexity index is 1030. The van der Waals surface area contributed by atoms with E-state index in [2.05, 4.69) is 5.32 Å². The number of nitrogens with zero attached hydrogens (tertiary/aromatic N) is 3. The Labute approximate surface area is 204 Å². The molecule has 2 heterocycles. The second-order valence-electron chi connectivity index (χ2n) is 9.47. The minimum absolute atomic E-state index is 0.0927. The number of carboxylic acids is 1. The molecule has 2 N–H and O–H groups in total. The number of amides is 2. The number of nitrogens with one attached hydrogen (secondary N) is 1. The van der Waals surface area contributed by atoms with Crippen LogP contribution in [0.15, 0.2) is 36.0 Å². The van der Waals surface area contributed by atoms with Gasteiger partial charge in [0.2, 0.25) is 5.91 Å². The molecule has 0 aromatic heterocycles. The molecule has 0 aliphatic carbocycles. The Hall–Kier alpha value is -3.69. The maximum absolute atomic E-state index is 13.5. The average molecular weight is 485 g/mol. The van der Waals surface area contributed by atoms with E-state index in [-0.39, 0.29) is 31.2 Å². The molecule has 3 atom stereocenters. The molecule has 1 aromatic rings. The molecule has 10 heteroatoms. The number of aldehydes is 1. The van der Waals surface area contributed by atoms with Gasteiger partial charge in [-0.05, 0) is 42.7 Å². The van der Waals surface area contributed by atoms with Gasteiger partial charge in [0, 0.05) is 44.0 Å². The first-order chi connectivity index (χ1) is 16.5. The van der Waals surface area contributed by atoms with Gasteiger partial charge in [-0.2, -0.15) is 0 Å². The zero-order chi connectivity index (χ0) is 25.9. The zero-order valence-electron chi connectivity index (χ0n) is 20.4. The van der Waals surface area contributed by atoms with Crippen molar-refractivity contribution in [1.82, 2.24) is 15.1 Å². The smallest absolute Gasteiger partial charge is 0.326 e. The summed E-state index contributed by atoms with van der Waals surface area (Å²) < 4.78 is 0. The number of aliphatic carboxylic acids is 1. The zero-order valence-corrected chi connectivity index (χ0v) is 20.4. The van der Waals surface area contributed by atoms with Crippen LogP contribution in [0.25, 0.3) is 0 Å². The minimum atomic E-state index is -1.21. The lowest BCUT2D eigenvalue weighted by Gasteiger charge is -2.29. The molecule has 1 saturated heterocycles. The SMILES string of the molecule is CC(C)C[C@H](NC(=O)c1ccc(N(C)C)cc1)C(=O)N1CC=C2C1C(=O)CN2C(CC=O)C(=O)O. The lowest BCUT2D eigenvalue weighted by atomic mass is 10.0. The van der Waals surface area contributed by atoms with Crippen molar-refractivity contribution < 1.29 is 29.1 Å². The van der Waals surface area contributed by atoms with E-state index in [1.807, 2.05) is 45.0 Å². The summed E-state index contributed by atoms with van der Waals surface area (Å²) in [7, 11) is 3.79. The van der Waals surface area contributed by atoms with Crippen molar-refractivity contribution in [3.8, 4) is 0 Å². The molecular formula is C25H32N4O6. The van der Waals surface area contributed by atoms with Gasteiger partial charge in [-0.3, -0.25) is 14.4 Å². The van der Waals surface area contributed by atoms with Gasteiger partial charge in [-0.1, -0.05) is 13.8 Å². The fraction of sp³-hybridized carbons (Fsp3) is 0.480. The van der Waals surface area contributed by atoms with Gasteiger partial charge in [-0.25, -0.2) is 4.79 Å². The molecule has 2 unspecified atom stereocenters. The molecule has 2 aliphatic rings. The Kier molecular flexibility index (Phi) is 7.93. The van der Waals surface area contributed by atoms with E-state index in [1.54, 1.807) is 18.2 Å². The molecule has 10 nitrogen and oxygen atoms in total. The average Bonchev–Trinajstić information content (AvgIpc) is 3.37. The number of Topliss-reactive ketones (excluding diaryl/α,β-unsaturated/α-hetero) is 1. The van der Waals surface area contributed by atoms with Crippen molar-refractivity contribution in [2.24, 2.45) is 5.92 Å². The highest BCUT2D eigenvalue weighted by molar-refractivity contribution is 6.01. The number of ketones is 1. The molecule has 0 saturated carbocycles. The van der Waals surface area contributed by atoms with Crippen LogP contribution >= 0.6 is 0 Å². The Morgan fingerprint density at radius 3 is 2.40 bits per heavy atom. The maximum atomic E-state index is 13.5. The summed E-state index contributed by atoms with van der Waals surface area (Å²) in [5.74, 6) is -2.21. The number of hydrogen-bond donors (Lipinski definition) is 2. The van der Waals surface area contributed by atoms with Crippen LogP contribution in [-0.4, -0.2) is 90.1 Å². The first kappa shape index (κ1) is 25.9. The van der Waals surface area contributed by atoms with Crippen LogP contribution in [0.4, 0.5) is 5.69 Å². The predicted molar refractivity (Wildman–Crippen MR) is 129 cm³/mol. The van der Waals surface area contributed by atoms with Crippen molar-refractivity contribution in [3.63, 3.8) is 0 Å². The topological polar surface area (TPSA) is 127 Å². The van der Waals surface area contributed by atoms with Crippen molar-refractivity contribution in [3.05, 3.63) is 41.6 Å². The van der Waals surface area contributed by atoms with Crippen molar-refractivity contribution in [2.75, 3.05) is 32.1 Å². The third-order valence-electron chi connectivity index (χ3n) is 6.27. The summed E-state index contributed by atoms with van der Waals surface area (Å²) >= 11 is 0. The molecule has 2 amide bonds. The Balaban J connectivity index is 1.78. The lowest BCUT2D eigenvalue weighted by Crippen LogP contribution is -2.52. The number of benzene rings is 1. The summed E-state index contributed by atoms with van der Waals surface area (Å²) in [5, 5.41) is 12.3. The number of anilines is 1. The fourth-order valence-corrected chi connectivity index (χ4v) is 4.53. The molecule has 0 bridgehead atoms. The molecule has 35 heavy (non-hydrogen) atoms. The van der Waals surface area contributed by atoms with Crippen molar-refractivity contribution in [1.29, 1.82) is 0 Å². The summed E-state index contributed by atoms with van der Waals surface area (Å²) in [4.78, 5) is 66.7. The van der Waals surface area contributed by atoms with Gasteiger partial charge in [-0.15, -0.1) is 0 Å². The Morgan fingerprint density at radius 1 is 1.20 bits per heavy atom. The van der Waals surface area contributed by atoms with Crippen LogP contribution in [0.1, 0.15) is 37.0 Å². The van der Waals surface area contributed by atoms with E-state index in [1.165, 1.54) is 9.80 Å². The van der Waals surface area contributed by atoms with E-state index in [0.717, 1.165) is 5.69 Å². The first-order valence-corrected chi connectivity index (χ1v) is 11.6. The number of carboxylic acid groups (broad SMARTS) is 1. The molecule has 2 aliphatic heterocycles. The largest absolute Gasteiger partial charge is 0.480 e. The van der Waals surface area contributed by atoms with Gasteiger partial charge in [0.15, 0.2) is 5.78 Å². The van der Waals surface area contributed by atoms with E-state index >= 15 is 0 Å². The molecule has 0 spiro atoms. The number of fused-ring (bicyclic) bond motifs is 1. The normalized spacial score (nSPS) is 18.7. The van der Waals surface area contributed by atoms with E-state index in [0.29, 0.717) is 24.0 Å². The summed E-state index contributed by atoms with van der Waals surface area (Å²) in [6.07, 6.45) is 2.27. The number of rotatable bonds is 10. The molecule has 1 fully saturated rings. The van der Waals surface area contributed by atoms with E-state index < -0.39 is 35.9 Å². The van der Waals surface area contributed by atoms with Gasteiger partial charge in [0.25, 0.3) is 5.91 Å². The van der Waals surface area contributed by atoms with Crippen LogP contribution in [0.2, 0.25) is 0 Å². The number of hydrogen-bond acceptors (Lipinski definition) is 7. The van der Waals surface area contributed by atoms with Gasteiger partial charge in [0.1, 0.15) is 24.4 Å². The van der Waals surface area contributed by atoms with Crippen LogP contribution in [-0.2, 0) is 19.2 Å². The predicted octanol–water partition coefficient (Wildman–Crippen LogP) is 0.919. The highest BCUT2D eigenvalue weighted by Gasteiger charge is 2.48.